The van der Waals surface area contributed by atoms with Crippen LogP contribution in [0.1, 0.15) is 53.4 Å². The van der Waals surface area contributed by atoms with Gasteiger partial charge in [0.25, 0.3) is 0 Å². The zero-order valence-electron chi connectivity index (χ0n) is 13.5. The molecule has 3 heteroatoms. The maximum atomic E-state index is 6.26. The second-order valence-corrected chi connectivity index (χ2v) is 5.40. The van der Waals surface area contributed by atoms with Gasteiger partial charge in [-0.2, -0.15) is 0 Å². The Hall–Kier alpha value is -0.120. The summed E-state index contributed by atoms with van der Waals surface area (Å²) in [5.74, 6) is 0. The van der Waals surface area contributed by atoms with Crippen molar-refractivity contribution < 1.29 is 4.74 Å². The summed E-state index contributed by atoms with van der Waals surface area (Å²) in [5.41, 5.74) is 0. The summed E-state index contributed by atoms with van der Waals surface area (Å²) in [7, 11) is 0. The average Bonchev–Trinajstić information content (AvgIpc) is 2.51. The molecule has 0 aromatic rings. The summed E-state index contributed by atoms with van der Waals surface area (Å²) < 4.78 is 6.26. The van der Waals surface area contributed by atoms with E-state index in [9.17, 15) is 0 Å². The van der Waals surface area contributed by atoms with E-state index in [0.717, 1.165) is 0 Å². The first kappa shape index (κ1) is 16.9. The molecule has 2 fully saturated rings. The molecule has 2 rings (SSSR count). The van der Waals surface area contributed by atoms with Gasteiger partial charge in [0.2, 0.25) is 0 Å². The van der Waals surface area contributed by atoms with E-state index in [4.69, 9.17) is 4.74 Å². The van der Waals surface area contributed by atoms with E-state index in [1.807, 2.05) is 13.8 Å². The number of hydrogen-bond acceptors (Lipinski definition) is 3. The van der Waals surface area contributed by atoms with Crippen molar-refractivity contribution in [1.29, 1.82) is 0 Å². The normalized spacial score (nSPS) is 24.0. The molecule has 114 valence electrons. The lowest BCUT2D eigenvalue weighted by Crippen LogP contribution is -2.41. The lowest BCUT2D eigenvalue weighted by molar-refractivity contribution is -0.0640. The van der Waals surface area contributed by atoms with Crippen molar-refractivity contribution in [2.75, 3.05) is 39.3 Å². The first-order valence-corrected chi connectivity index (χ1v) is 8.42. The monoisotopic (exact) mass is 270 g/mol. The molecule has 2 saturated heterocycles. The molecule has 0 amide bonds. The van der Waals surface area contributed by atoms with E-state index >= 15 is 0 Å². The Balaban J connectivity index is 0.000000861. The predicted molar refractivity (Wildman–Crippen MR) is 82.7 cm³/mol. The van der Waals surface area contributed by atoms with Crippen LogP contribution in [0.5, 0.6) is 0 Å². The smallest absolute Gasteiger partial charge is 0.0603 e. The summed E-state index contributed by atoms with van der Waals surface area (Å²) >= 11 is 0. The minimum absolute atomic E-state index is 0.538. The molecule has 0 aromatic heterocycles. The minimum atomic E-state index is 0.538. The molecule has 0 N–H and O–H groups in total. The van der Waals surface area contributed by atoms with E-state index in [1.165, 1.54) is 65.0 Å². The van der Waals surface area contributed by atoms with Gasteiger partial charge in [-0.25, -0.2) is 0 Å². The van der Waals surface area contributed by atoms with E-state index in [0.29, 0.717) is 12.2 Å². The number of hydrogen-bond donors (Lipinski definition) is 0. The van der Waals surface area contributed by atoms with E-state index < -0.39 is 0 Å². The molecule has 0 aliphatic carbocycles. The van der Waals surface area contributed by atoms with Gasteiger partial charge < -0.3 is 14.5 Å². The number of ether oxygens (including phenoxy) is 1. The maximum absolute atomic E-state index is 6.26. The van der Waals surface area contributed by atoms with Crippen molar-refractivity contribution in [3.63, 3.8) is 0 Å². The van der Waals surface area contributed by atoms with Gasteiger partial charge in [-0.15, -0.1) is 0 Å². The molecule has 0 spiro atoms. The van der Waals surface area contributed by atoms with Gasteiger partial charge in [-0.1, -0.05) is 27.7 Å². The van der Waals surface area contributed by atoms with Crippen molar-refractivity contribution in [2.24, 2.45) is 0 Å². The molecule has 0 unspecified atom stereocenters. The van der Waals surface area contributed by atoms with Crippen LogP contribution in [0.3, 0.4) is 0 Å². The summed E-state index contributed by atoms with van der Waals surface area (Å²) in [5, 5.41) is 0. The van der Waals surface area contributed by atoms with Gasteiger partial charge in [0.1, 0.15) is 0 Å². The van der Waals surface area contributed by atoms with Gasteiger partial charge in [0, 0.05) is 26.2 Å². The minimum Gasteiger partial charge on any atom is -0.375 e. The Morgan fingerprint density at radius 1 is 0.737 bits per heavy atom. The van der Waals surface area contributed by atoms with Gasteiger partial charge in [-0.3, -0.25) is 0 Å². The van der Waals surface area contributed by atoms with E-state index in [2.05, 4.69) is 23.6 Å². The Morgan fingerprint density at radius 3 is 1.32 bits per heavy atom. The van der Waals surface area contributed by atoms with E-state index in [-0.39, 0.29) is 0 Å². The molecule has 0 aromatic carbocycles. The van der Waals surface area contributed by atoms with Crippen LogP contribution in [0, 0.1) is 0 Å². The van der Waals surface area contributed by atoms with Gasteiger partial charge in [0.15, 0.2) is 0 Å². The predicted octanol–water partition coefficient (Wildman–Crippen LogP) is 3.00. The van der Waals surface area contributed by atoms with E-state index in [1.54, 1.807) is 0 Å². The Kier molecular flexibility index (Phi) is 8.67. The summed E-state index contributed by atoms with van der Waals surface area (Å²) in [6.07, 6.45) is 6.03. The zero-order valence-corrected chi connectivity index (χ0v) is 13.5. The third-order valence-electron chi connectivity index (χ3n) is 4.35. The molecular weight excluding hydrogens is 236 g/mol. The van der Waals surface area contributed by atoms with Crippen molar-refractivity contribution in [3.8, 4) is 0 Å². The Labute approximate surface area is 120 Å². The molecule has 2 aliphatic rings. The van der Waals surface area contributed by atoms with Crippen molar-refractivity contribution >= 4 is 0 Å². The van der Waals surface area contributed by atoms with Gasteiger partial charge >= 0.3 is 0 Å². The first-order chi connectivity index (χ1) is 9.31. The highest BCUT2D eigenvalue weighted by atomic mass is 16.5. The lowest BCUT2D eigenvalue weighted by atomic mass is 10.0. The van der Waals surface area contributed by atoms with Crippen molar-refractivity contribution in [1.82, 2.24) is 9.80 Å². The third-order valence-corrected chi connectivity index (χ3v) is 4.35. The summed E-state index contributed by atoms with van der Waals surface area (Å²) in [6, 6.07) is 0. The molecule has 0 atom stereocenters. The van der Waals surface area contributed by atoms with Crippen LogP contribution in [0.25, 0.3) is 0 Å². The molecule has 0 bridgehead atoms. The summed E-state index contributed by atoms with van der Waals surface area (Å²) in [6.45, 7) is 15.8. The van der Waals surface area contributed by atoms with Crippen molar-refractivity contribution in [3.05, 3.63) is 0 Å². The first-order valence-electron chi connectivity index (χ1n) is 8.42. The standard InChI is InChI=1S/C14H28N2O.C2H6/c1-3-15-9-5-13(6-10-15)17-14-7-11-16(4-2)12-8-14;1-2/h13-14H,3-12H2,1-2H3;1-2H3. The number of nitrogens with zero attached hydrogens (tertiary/aromatic N) is 2. The SMILES string of the molecule is CC.CCN1CCC(OC2CCN(CC)CC2)CC1. The van der Waals surface area contributed by atoms with Crippen molar-refractivity contribution in [2.45, 2.75) is 65.6 Å². The van der Waals surface area contributed by atoms with Gasteiger partial charge in [0.05, 0.1) is 12.2 Å². The molecule has 2 aliphatic heterocycles. The number of likely N-dealkylation sites (tertiary alicyclic amines) is 2. The largest absolute Gasteiger partial charge is 0.375 e. The Morgan fingerprint density at radius 2 is 1.05 bits per heavy atom. The molecular formula is C16H34N2O. The molecule has 2 heterocycles. The van der Waals surface area contributed by atoms with Crippen LogP contribution in [-0.4, -0.2) is 61.3 Å². The second kappa shape index (κ2) is 9.73. The highest BCUT2D eigenvalue weighted by Crippen LogP contribution is 2.20. The molecule has 3 nitrogen and oxygen atoms in total. The lowest BCUT2D eigenvalue weighted by Gasteiger charge is -2.36. The van der Waals surface area contributed by atoms with Gasteiger partial charge in [-0.05, 0) is 38.8 Å². The molecule has 0 saturated carbocycles. The van der Waals surface area contributed by atoms with Crippen LogP contribution >= 0.6 is 0 Å². The van der Waals surface area contributed by atoms with Crippen LogP contribution < -0.4 is 0 Å². The topological polar surface area (TPSA) is 15.7 Å². The Bertz CT molecular complexity index is 185. The fourth-order valence-electron chi connectivity index (χ4n) is 3.00. The number of piperidine rings is 2. The highest BCUT2D eigenvalue weighted by Gasteiger charge is 2.24. The van der Waals surface area contributed by atoms with Crippen LogP contribution in [0.4, 0.5) is 0 Å². The highest BCUT2D eigenvalue weighted by molar-refractivity contribution is 4.76. The van der Waals surface area contributed by atoms with Crippen LogP contribution in [0.15, 0.2) is 0 Å². The average molecular weight is 270 g/mol. The third kappa shape index (κ3) is 5.80. The quantitative estimate of drug-likeness (QED) is 0.781. The molecule has 19 heavy (non-hydrogen) atoms. The number of rotatable bonds is 4. The summed E-state index contributed by atoms with van der Waals surface area (Å²) in [4.78, 5) is 5.05. The fourth-order valence-corrected chi connectivity index (χ4v) is 3.00. The van der Waals surface area contributed by atoms with Crippen LogP contribution in [0.2, 0.25) is 0 Å². The van der Waals surface area contributed by atoms with Crippen LogP contribution in [-0.2, 0) is 4.74 Å². The second-order valence-electron chi connectivity index (χ2n) is 5.40. The molecule has 0 radical (unpaired) electrons. The maximum Gasteiger partial charge on any atom is 0.0603 e. The fraction of sp³-hybridized carbons (Fsp3) is 1.00. The zero-order chi connectivity index (χ0) is 14.1.